The second-order valence-electron chi connectivity index (χ2n) is 6.16. The van der Waals surface area contributed by atoms with E-state index in [1.807, 2.05) is 4.90 Å². The molecular formula is C15H18F2N2O. The summed E-state index contributed by atoms with van der Waals surface area (Å²) in [5.74, 6) is -1.09. The number of hydrogen-bond donors (Lipinski definition) is 0. The molecule has 1 spiro atoms. The molecule has 2 aliphatic heterocycles. The predicted octanol–water partition coefficient (Wildman–Crippen LogP) is 1.67. The molecule has 0 radical (unpaired) electrons. The van der Waals surface area contributed by atoms with Gasteiger partial charge in [0.05, 0.1) is 0 Å². The van der Waals surface area contributed by atoms with Crippen molar-refractivity contribution in [2.24, 2.45) is 5.41 Å². The van der Waals surface area contributed by atoms with Crippen LogP contribution in [-0.2, 0) is 11.2 Å². The number of rotatable bonds is 3. The highest BCUT2D eigenvalue weighted by Crippen LogP contribution is 2.38. The smallest absolute Gasteiger partial charge is 0.222 e. The van der Waals surface area contributed by atoms with E-state index in [1.54, 1.807) is 0 Å². The second-order valence-corrected chi connectivity index (χ2v) is 6.16. The summed E-state index contributed by atoms with van der Waals surface area (Å²) in [6, 6.07) is 3.50. The third-order valence-corrected chi connectivity index (χ3v) is 4.24. The molecule has 0 aliphatic carbocycles. The summed E-state index contributed by atoms with van der Waals surface area (Å²) >= 11 is 0. The van der Waals surface area contributed by atoms with Gasteiger partial charge in [-0.25, -0.2) is 8.78 Å². The van der Waals surface area contributed by atoms with Gasteiger partial charge in [-0.2, -0.15) is 0 Å². The minimum Gasteiger partial charge on any atom is -0.341 e. The van der Waals surface area contributed by atoms with Gasteiger partial charge in [0.1, 0.15) is 11.6 Å². The Labute approximate surface area is 117 Å². The lowest BCUT2D eigenvalue weighted by atomic mass is 9.73. The summed E-state index contributed by atoms with van der Waals surface area (Å²) in [4.78, 5) is 16.1. The average molecular weight is 280 g/mol. The highest BCUT2D eigenvalue weighted by Gasteiger charge is 2.51. The first-order valence-corrected chi connectivity index (χ1v) is 6.88. The Kier molecular flexibility index (Phi) is 3.24. The summed E-state index contributed by atoms with van der Waals surface area (Å²) in [6.45, 7) is 3.76. The molecule has 5 heteroatoms. The van der Waals surface area contributed by atoms with E-state index in [-0.39, 0.29) is 12.3 Å². The van der Waals surface area contributed by atoms with Crippen molar-refractivity contribution in [3.63, 3.8) is 0 Å². The van der Waals surface area contributed by atoms with Crippen LogP contribution in [0.2, 0.25) is 0 Å². The molecule has 0 bridgehead atoms. The molecule has 1 aromatic rings. The average Bonchev–Trinajstić information content (AvgIpc) is 2.30. The first kappa shape index (κ1) is 13.5. The van der Waals surface area contributed by atoms with Crippen LogP contribution in [-0.4, -0.2) is 48.9 Å². The van der Waals surface area contributed by atoms with Gasteiger partial charge in [-0.15, -0.1) is 0 Å². The number of likely N-dealkylation sites (tertiary alicyclic amines) is 2. The lowest BCUT2D eigenvalue weighted by molar-refractivity contribution is -0.156. The van der Waals surface area contributed by atoms with Crippen molar-refractivity contribution in [3.8, 4) is 0 Å². The fraction of sp³-hybridized carbons (Fsp3) is 0.533. The Morgan fingerprint density at radius 3 is 2.55 bits per heavy atom. The highest BCUT2D eigenvalue weighted by atomic mass is 19.1. The number of halogens is 2. The monoisotopic (exact) mass is 280 g/mol. The maximum Gasteiger partial charge on any atom is 0.222 e. The van der Waals surface area contributed by atoms with Crippen molar-refractivity contribution in [2.75, 3.05) is 33.2 Å². The zero-order valence-corrected chi connectivity index (χ0v) is 11.5. The number of carbonyl (C=O) groups excluding carboxylic acids is 1. The molecule has 0 aromatic heterocycles. The van der Waals surface area contributed by atoms with Gasteiger partial charge in [0.15, 0.2) is 0 Å². The highest BCUT2D eigenvalue weighted by molar-refractivity contribution is 5.77. The van der Waals surface area contributed by atoms with E-state index in [4.69, 9.17) is 0 Å². The van der Waals surface area contributed by atoms with E-state index in [1.165, 1.54) is 12.1 Å². The topological polar surface area (TPSA) is 23.6 Å². The van der Waals surface area contributed by atoms with E-state index >= 15 is 0 Å². The molecular weight excluding hydrogens is 262 g/mol. The fourth-order valence-corrected chi connectivity index (χ4v) is 3.36. The summed E-state index contributed by atoms with van der Waals surface area (Å²) in [6.07, 6.45) is 0.614. The maximum atomic E-state index is 13.5. The van der Waals surface area contributed by atoms with Crippen LogP contribution in [0.5, 0.6) is 0 Å². The maximum absolute atomic E-state index is 13.5. The summed E-state index contributed by atoms with van der Waals surface area (Å²) in [7, 11) is 2.08. The molecule has 1 amide bonds. The van der Waals surface area contributed by atoms with E-state index < -0.39 is 11.6 Å². The van der Waals surface area contributed by atoms with Gasteiger partial charge in [0, 0.05) is 44.1 Å². The Bertz CT molecular complexity index is 533. The van der Waals surface area contributed by atoms with Crippen molar-refractivity contribution < 1.29 is 13.6 Å². The molecule has 2 fully saturated rings. The number of carbonyl (C=O) groups is 1. The van der Waals surface area contributed by atoms with Crippen LogP contribution in [0.3, 0.4) is 0 Å². The third kappa shape index (κ3) is 2.42. The van der Waals surface area contributed by atoms with E-state index in [9.17, 15) is 13.6 Å². The molecule has 0 atom stereocenters. The number of hydrogen-bond acceptors (Lipinski definition) is 2. The first-order valence-electron chi connectivity index (χ1n) is 6.88. The molecule has 108 valence electrons. The molecule has 0 saturated carbocycles. The number of amides is 1. The number of aryl methyl sites for hydroxylation is 1. The Morgan fingerprint density at radius 2 is 1.95 bits per heavy atom. The van der Waals surface area contributed by atoms with Gasteiger partial charge in [-0.1, -0.05) is 6.07 Å². The van der Waals surface area contributed by atoms with Crippen LogP contribution < -0.4 is 0 Å². The summed E-state index contributed by atoms with van der Waals surface area (Å²) < 4.78 is 26.2. The van der Waals surface area contributed by atoms with Crippen LogP contribution in [0.15, 0.2) is 18.2 Å². The van der Waals surface area contributed by atoms with Gasteiger partial charge in [0.2, 0.25) is 5.91 Å². The molecule has 1 aromatic carbocycles. The molecule has 3 nitrogen and oxygen atoms in total. The van der Waals surface area contributed by atoms with Crippen LogP contribution in [0.25, 0.3) is 0 Å². The van der Waals surface area contributed by atoms with Crippen LogP contribution >= 0.6 is 0 Å². The van der Waals surface area contributed by atoms with Crippen LogP contribution in [0.1, 0.15) is 12.0 Å². The molecule has 20 heavy (non-hydrogen) atoms. The lowest BCUT2D eigenvalue weighted by Crippen LogP contribution is -2.72. The normalized spacial score (nSPS) is 20.6. The minimum absolute atomic E-state index is 0.0638. The standard InChI is InChI=1S/C15H18F2N2O/c1-18-7-15(8-18)9-19(10-15)14(20)5-3-11-2-4-12(16)6-13(11)17/h2,4,6H,3,5,7-10H2,1H3. The molecule has 2 heterocycles. The molecule has 0 unspecified atom stereocenters. The Balaban J connectivity index is 1.48. The van der Waals surface area contributed by atoms with Crippen molar-refractivity contribution in [1.29, 1.82) is 0 Å². The molecule has 2 aliphatic rings. The largest absolute Gasteiger partial charge is 0.341 e. The van der Waals surface area contributed by atoms with E-state index in [0.717, 1.165) is 32.2 Å². The van der Waals surface area contributed by atoms with Gasteiger partial charge in [0.25, 0.3) is 0 Å². The first-order chi connectivity index (χ1) is 9.47. The van der Waals surface area contributed by atoms with E-state index in [2.05, 4.69) is 11.9 Å². The zero-order valence-electron chi connectivity index (χ0n) is 11.5. The van der Waals surface area contributed by atoms with Gasteiger partial charge < -0.3 is 9.80 Å². The van der Waals surface area contributed by atoms with Crippen molar-refractivity contribution in [3.05, 3.63) is 35.4 Å². The van der Waals surface area contributed by atoms with Gasteiger partial charge in [-0.05, 0) is 25.1 Å². The number of benzene rings is 1. The SMILES string of the molecule is CN1CC2(C1)CN(C(=O)CCc1ccc(F)cc1F)C2. The molecule has 0 N–H and O–H groups in total. The van der Waals surface area contributed by atoms with Gasteiger partial charge >= 0.3 is 0 Å². The van der Waals surface area contributed by atoms with Crippen molar-refractivity contribution in [2.45, 2.75) is 12.8 Å². The minimum atomic E-state index is -0.587. The molecule has 2 saturated heterocycles. The van der Waals surface area contributed by atoms with Crippen LogP contribution in [0, 0.1) is 17.0 Å². The Hall–Kier alpha value is -1.49. The quantitative estimate of drug-likeness (QED) is 0.841. The Morgan fingerprint density at radius 1 is 1.25 bits per heavy atom. The van der Waals surface area contributed by atoms with Crippen molar-refractivity contribution >= 4 is 5.91 Å². The van der Waals surface area contributed by atoms with Crippen molar-refractivity contribution in [1.82, 2.24) is 9.80 Å². The predicted molar refractivity (Wildman–Crippen MR) is 71.2 cm³/mol. The summed E-state index contributed by atoms with van der Waals surface area (Å²) in [5, 5.41) is 0. The number of nitrogens with zero attached hydrogens (tertiary/aromatic N) is 2. The van der Waals surface area contributed by atoms with Gasteiger partial charge in [-0.3, -0.25) is 4.79 Å². The van der Waals surface area contributed by atoms with E-state index in [0.29, 0.717) is 17.4 Å². The second kappa shape index (κ2) is 4.81. The van der Waals surface area contributed by atoms with Crippen LogP contribution in [0.4, 0.5) is 8.78 Å². The third-order valence-electron chi connectivity index (χ3n) is 4.24. The molecule has 3 rings (SSSR count). The summed E-state index contributed by atoms with van der Waals surface area (Å²) in [5.41, 5.74) is 0.726. The zero-order chi connectivity index (χ0) is 14.3. The lowest BCUT2D eigenvalue weighted by Gasteiger charge is -2.59. The fourth-order valence-electron chi connectivity index (χ4n) is 3.36.